The van der Waals surface area contributed by atoms with E-state index in [2.05, 4.69) is 21.1 Å². The molecular formula is C21H21N7O2. The molecule has 2 N–H and O–H groups in total. The molecule has 2 aromatic rings. The van der Waals surface area contributed by atoms with Crippen molar-refractivity contribution in [2.75, 3.05) is 18.0 Å². The number of benzene rings is 1. The zero-order valence-corrected chi connectivity index (χ0v) is 16.3. The van der Waals surface area contributed by atoms with Gasteiger partial charge in [-0.15, -0.1) is 0 Å². The van der Waals surface area contributed by atoms with Crippen LogP contribution in [0.25, 0.3) is 0 Å². The number of piperidine rings is 1. The fourth-order valence-corrected chi connectivity index (χ4v) is 3.92. The highest BCUT2D eigenvalue weighted by Crippen LogP contribution is 2.32. The summed E-state index contributed by atoms with van der Waals surface area (Å²) >= 11 is 0. The van der Waals surface area contributed by atoms with Gasteiger partial charge in [-0.2, -0.15) is 10.4 Å². The third-order valence-corrected chi connectivity index (χ3v) is 5.53. The Balaban J connectivity index is 1.42. The van der Waals surface area contributed by atoms with Crippen molar-refractivity contribution in [2.45, 2.75) is 25.3 Å². The Hall–Kier alpha value is -3.80. The van der Waals surface area contributed by atoms with E-state index in [1.165, 1.54) is 6.33 Å². The van der Waals surface area contributed by atoms with Gasteiger partial charge in [0.05, 0.1) is 17.7 Å². The minimum atomic E-state index is -0.595. The van der Waals surface area contributed by atoms with Crippen LogP contribution in [0.5, 0.6) is 0 Å². The van der Waals surface area contributed by atoms with Crippen LogP contribution in [-0.4, -0.2) is 46.1 Å². The predicted molar refractivity (Wildman–Crippen MR) is 109 cm³/mol. The summed E-state index contributed by atoms with van der Waals surface area (Å²) in [7, 11) is 0. The average Bonchev–Trinajstić information content (AvgIpc) is 3.29. The van der Waals surface area contributed by atoms with Gasteiger partial charge >= 0.3 is 0 Å². The lowest BCUT2D eigenvalue weighted by Gasteiger charge is -2.34. The molecule has 2 amide bonds. The molecule has 152 valence electrons. The second kappa shape index (κ2) is 8.29. The molecule has 2 aliphatic rings. The number of primary amides is 1. The van der Waals surface area contributed by atoms with E-state index in [0.29, 0.717) is 43.7 Å². The third-order valence-electron chi connectivity index (χ3n) is 5.53. The first-order chi connectivity index (χ1) is 14.6. The number of carbonyl (C=O) groups excluding carboxylic acids is 2. The molecule has 4 rings (SSSR count). The maximum atomic E-state index is 13.2. The lowest BCUT2D eigenvalue weighted by atomic mass is 9.94. The first-order valence-corrected chi connectivity index (χ1v) is 9.79. The molecule has 9 heteroatoms. The summed E-state index contributed by atoms with van der Waals surface area (Å²) in [6, 6.07) is 10.9. The number of rotatable bonds is 4. The van der Waals surface area contributed by atoms with Crippen LogP contribution in [0.4, 0.5) is 5.82 Å². The molecular weight excluding hydrogens is 382 g/mol. The normalized spacial score (nSPS) is 19.0. The molecule has 0 bridgehead atoms. The number of nitrogens with zero attached hydrogens (tertiary/aromatic N) is 6. The van der Waals surface area contributed by atoms with E-state index in [1.54, 1.807) is 23.4 Å². The Morgan fingerprint density at radius 2 is 1.97 bits per heavy atom. The molecule has 0 radical (unpaired) electrons. The van der Waals surface area contributed by atoms with Crippen LogP contribution in [-0.2, 0) is 4.79 Å². The van der Waals surface area contributed by atoms with Crippen LogP contribution in [0, 0.1) is 17.2 Å². The van der Waals surface area contributed by atoms with Gasteiger partial charge in [0.25, 0.3) is 5.91 Å². The van der Waals surface area contributed by atoms with Crippen molar-refractivity contribution >= 4 is 23.8 Å². The number of amides is 2. The number of aromatic nitrogens is 2. The van der Waals surface area contributed by atoms with Crippen molar-refractivity contribution in [1.29, 1.82) is 5.26 Å². The number of nitriles is 1. The highest BCUT2D eigenvalue weighted by atomic mass is 16.2. The van der Waals surface area contributed by atoms with Crippen molar-refractivity contribution in [3.8, 4) is 6.07 Å². The zero-order chi connectivity index (χ0) is 21.1. The van der Waals surface area contributed by atoms with Gasteiger partial charge in [-0.25, -0.2) is 15.0 Å². The first-order valence-electron chi connectivity index (χ1n) is 9.79. The molecule has 1 atom stereocenters. The van der Waals surface area contributed by atoms with E-state index in [9.17, 15) is 9.59 Å². The number of hydrogen-bond donors (Lipinski definition) is 1. The second-order valence-corrected chi connectivity index (χ2v) is 7.36. The molecule has 0 aliphatic carbocycles. The second-order valence-electron chi connectivity index (χ2n) is 7.36. The highest BCUT2D eigenvalue weighted by Gasteiger charge is 2.35. The van der Waals surface area contributed by atoms with Gasteiger partial charge in [-0.05, 0) is 30.5 Å². The van der Waals surface area contributed by atoms with Gasteiger partial charge in [0.15, 0.2) is 0 Å². The van der Waals surface area contributed by atoms with Crippen LogP contribution >= 0.6 is 0 Å². The fourth-order valence-electron chi connectivity index (χ4n) is 3.92. The molecule has 0 saturated carbocycles. The van der Waals surface area contributed by atoms with E-state index in [1.807, 2.05) is 23.1 Å². The van der Waals surface area contributed by atoms with E-state index in [0.717, 1.165) is 5.56 Å². The van der Waals surface area contributed by atoms with E-state index in [-0.39, 0.29) is 23.6 Å². The predicted octanol–water partition coefficient (Wildman–Crippen LogP) is 1.62. The summed E-state index contributed by atoms with van der Waals surface area (Å²) in [6.07, 6.45) is 5.03. The Labute approximate surface area is 173 Å². The van der Waals surface area contributed by atoms with Crippen LogP contribution in [0.3, 0.4) is 0 Å². The minimum Gasteiger partial charge on any atom is -0.364 e. The molecule has 3 heterocycles. The maximum Gasteiger partial charge on any atom is 0.267 e. The lowest BCUT2D eigenvalue weighted by Crippen LogP contribution is -2.41. The van der Waals surface area contributed by atoms with Gasteiger partial charge in [0, 0.05) is 37.7 Å². The third kappa shape index (κ3) is 3.85. The Bertz CT molecular complexity index is 1040. The molecule has 1 fully saturated rings. The van der Waals surface area contributed by atoms with Crippen molar-refractivity contribution < 1.29 is 9.59 Å². The number of hydrazone groups is 1. The molecule has 2 aliphatic heterocycles. The smallest absolute Gasteiger partial charge is 0.267 e. The molecule has 0 spiro atoms. The van der Waals surface area contributed by atoms with E-state index < -0.39 is 5.91 Å². The number of carbonyl (C=O) groups is 2. The van der Waals surface area contributed by atoms with Crippen molar-refractivity contribution in [3.05, 3.63) is 53.5 Å². The Morgan fingerprint density at radius 1 is 1.17 bits per heavy atom. The summed E-state index contributed by atoms with van der Waals surface area (Å²) in [4.78, 5) is 34.6. The standard InChI is InChI=1S/C21H21N7O2/c22-12-14-2-1-3-16(10-14)18-4-7-26-28(18)21(30)15-5-8-27(9-6-15)19-11-17(20(23)29)24-13-25-19/h1-3,7,10-11,13,15,18H,4-6,8-9H2,(H2,23,29)/t18-/m0/s1. The van der Waals surface area contributed by atoms with Crippen LogP contribution in [0.2, 0.25) is 0 Å². The summed E-state index contributed by atoms with van der Waals surface area (Å²) < 4.78 is 0. The largest absolute Gasteiger partial charge is 0.364 e. The first kappa shape index (κ1) is 19.5. The van der Waals surface area contributed by atoms with Crippen LogP contribution in [0.1, 0.15) is 46.9 Å². The summed E-state index contributed by atoms with van der Waals surface area (Å²) in [5, 5.41) is 15.0. The Kier molecular flexibility index (Phi) is 5.39. The monoisotopic (exact) mass is 403 g/mol. The van der Waals surface area contributed by atoms with Gasteiger partial charge in [-0.3, -0.25) is 9.59 Å². The number of hydrogen-bond acceptors (Lipinski definition) is 7. The van der Waals surface area contributed by atoms with Crippen molar-refractivity contribution in [2.24, 2.45) is 16.8 Å². The molecule has 1 saturated heterocycles. The quantitative estimate of drug-likeness (QED) is 0.826. The summed E-state index contributed by atoms with van der Waals surface area (Å²) in [6.45, 7) is 1.27. The van der Waals surface area contributed by atoms with Gasteiger partial charge < -0.3 is 10.6 Å². The topological polar surface area (TPSA) is 129 Å². The maximum absolute atomic E-state index is 13.2. The van der Waals surface area contributed by atoms with E-state index >= 15 is 0 Å². The number of nitrogens with two attached hydrogens (primary N) is 1. The summed E-state index contributed by atoms with van der Waals surface area (Å²) in [5.41, 5.74) is 6.95. The molecule has 0 unspecified atom stereocenters. The molecule has 9 nitrogen and oxygen atoms in total. The van der Waals surface area contributed by atoms with Gasteiger partial charge in [0.2, 0.25) is 5.91 Å². The van der Waals surface area contributed by atoms with Gasteiger partial charge in [0.1, 0.15) is 17.8 Å². The highest BCUT2D eigenvalue weighted by molar-refractivity contribution is 5.91. The minimum absolute atomic E-state index is 0.00345. The molecule has 30 heavy (non-hydrogen) atoms. The van der Waals surface area contributed by atoms with Gasteiger partial charge in [-0.1, -0.05) is 12.1 Å². The summed E-state index contributed by atoms with van der Waals surface area (Å²) in [5.74, 6) is -0.107. The van der Waals surface area contributed by atoms with Crippen molar-refractivity contribution in [3.63, 3.8) is 0 Å². The zero-order valence-electron chi connectivity index (χ0n) is 16.3. The fraction of sp³-hybridized carbons (Fsp3) is 0.333. The molecule has 1 aromatic heterocycles. The SMILES string of the molecule is N#Cc1cccc([C@@H]2CC=NN2C(=O)C2CCN(c3cc(C(N)=O)ncn3)CC2)c1. The van der Waals surface area contributed by atoms with E-state index in [4.69, 9.17) is 11.0 Å². The van der Waals surface area contributed by atoms with Crippen LogP contribution in [0.15, 0.2) is 41.8 Å². The Morgan fingerprint density at radius 3 is 2.70 bits per heavy atom. The lowest BCUT2D eigenvalue weighted by molar-refractivity contribution is -0.138. The molecule has 1 aromatic carbocycles. The number of anilines is 1. The average molecular weight is 403 g/mol. The van der Waals surface area contributed by atoms with Crippen LogP contribution < -0.4 is 10.6 Å². The van der Waals surface area contributed by atoms with Crippen molar-refractivity contribution in [1.82, 2.24) is 15.0 Å².